The molecule has 2 aliphatic rings. The molecule has 1 spiro atoms. The average Bonchev–Trinajstić information content (AvgIpc) is 3.00. The number of benzene rings is 1. The van der Waals surface area contributed by atoms with E-state index in [1.54, 1.807) is 14.0 Å². The second-order valence-corrected chi connectivity index (χ2v) is 7.85. The first-order valence-electron chi connectivity index (χ1n) is 9.66. The highest BCUT2D eigenvalue weighted by Gasteiger charge is 2.49. The zero-order valence-corrected chi connectivity index (χ0v) is 16.6. The molecule has 0 bridgehead atoms. The maximum atomic E-state index is 12.6. The lowest BCUT2D eigenvalue weighted by Gasteiger charge is -2.42. The minimum absolute atomic E-state index is 0.0258. The molecule has 0 aliphatic carbocycles. The molecule has 6 heteroatoms. The molecule has 27 heavy (non-hydrogen) atoms. The molecule has 1 aromatic carbocycles. The highest BCUT2D eigenvalue weighted by Crippen LogP contribution is 2.44. The maximum Gasteiger partial charge on any atom is 0.260 e. The van der Waals surface area contributed by atoms with E-state index in [2.05, 4.69) is 0 Å². The third-order valence-electron chi connectivity index (χ3n) is 6.18. The van der Waals surface area contributed by atoms with Gasteiger partial charge in [-0.3, -0.25) is 9.59 Å². The summed E-state index contributed by atoms with van der Waals surface area (Å²) in [6.07, 6.45) is 1.81. The van der Waals surface area contributed by atoms with E-state index >= 15 is 0 Å². The molecular weight excluding hydrogens is 344 g/mol. The minimum Gasteiger partial charge on any atom is -0.484 e. The molecule has 1 unspecified atom stereocenters. The van der Waals surface area contributed by atoms with Crippen LogP contribution in [0.3, 0.4) is 0 Å². The molecule has 1 aromatic rings. The molecule has 0 aromatic heterocycles. The van der Waals surface area contributed by atoms with E-state index in [-0.39, 0.29) is 23.8 Å². The van der Waals surface area contributed by atoms with Crippen molar-refractivity contribution in [1.29, 1.82) is 0 Å². The van der Waals surface area contributed by atoms with E-state index < -0.39 is 0 Å². The number of nitrogens with zero attached hydrogens (tertiary/aromatic N) is 2. The first kappa shape index (κ1) is 19.7. The first-order chi connectivity index (χ1) is 12.9. The topological polar surface area (TPSA) is 59.1 Å². The Bertz CT molecular complexity index is 683. The van der Waals surface area contributed by atoms with Crippen molar-refractivity contribution in [3.05, 3.63) is 29.8 Å². The summed E-state index contributed by atoms with van der Waals surface area (Å²) >= 11 is 0. The molecule has 0 radical (unpaired) electrons. The fraction of sp³-hybridized carbons (Fsp3) is 0.619. The Morgan fingerprint density at radius 2 is 1.89 bits per heavy atom. The van der Waals surface area contributed by atoms with Gasteiger partial charge < -0.3 is 19.3 Å². The van der Waals surface area contributed by atoms with Crippen molar-refractivity contribution < 1.29 is 19.1 Å². The smallest absolute Gasteiger partial charge is 0.260 e. The molecular formula is C21H30N2O4. The Labute approximate surface area is 161 Å². The second-order valence-electron chi connectivity index (χ2n) is 7.85. The van der Waals surface area contributed by atoms with E-state index in [4.69, 9.17) is 9.47 Å². The lowest BCUT2D eigenvalue weighted by atomic mass is 9.71. The molecule has 3 rings (SSSR count). The number of amides is 2. The summed E-state index contributed by atoms with van der Waals surface area (Å²) in [4.78, 5) is 28.2. The number of hydrogen-bond acceptors (Lipinski definition) is 4. The van der Waals surface area contributed by atoms with E-state index in [1.807, 2.05) is 41.0 Å². The number of piperidine rings is 1. The molecule has 2 saturated heterocycles. The van der Waals surface area contributed by atoms with Crippen LogP contribution in [0.1, 0.15) is 25.3 Å². The molecule has 2 heterocycles. The molecule has 0 N–H and O–H groups in total. The summed E-state index contributed by atoms with van der Waals surface area (Å²) < 4.78 is 11.1. The van der Waals surface area contributed by atoms with Gasteiger partial charge in [-0.15, -0.1) is 0 Å². The number of rotatable bonds is 5. The lowest BCUT2D eigenvalue weighted by molar-refractivity contribution is -0.136. The standard InChI is InChI=1S/C21H30N2O4/c1-16-6-4-5-7-19(16)27-14-20(25)22-10-8-21(9-11-22)15-23(17(2)24)12-18(21)13-26-3/h4-7,18H,8-15H2,1-3H3. The number of likely N-dealkylation sites (tertiary alicyclic amines) is 2. The summed E-state index contributed by atoms with van der Waals surface area (Å²) in [7, 11) is 1.71. The van der Waals surface area contributed by atoms with Gasteiger partial charge in [-0.1, -0.05) is 18.2 Å². The van der Waals surface area contributed by atoms with Crippen LogP contribution < -0.4 is 4.74 Å². The van der Waals surface area contributed by atoms with Gasteiger partial charge >= 0.3 is 0 Å². The van der Waals surface area contributed by atoms with Gasteiger partial charge in [-0.2, -0.15) is 0 Å². The predicted molar refractivity (Wildman–Crippen MR) is 103 cm³/mol. The summed E-state index contributed by atoms with van der Waals surface area (Å²) in [6.45, 7) is 7.29. The van der Waals surface area contributed by atoms with E-state index in [0.29, 0.717) is 25.6 Å². The number of carbonyl (C=O) groups excluding carboxylic acids is 2. The molecule has 2 fully saturated rings. The third kappa shape index (κ3) is 4.26. The zero-order valence-electron chi connectivity index (χ0n) is 16.6. The lowest BCUT2D eigenvalue weighted by Crippen LogP contribution is -2.48. The predicted octanol–water partition coefficient (Wildman–Crippen LogP) is 2.11. The van der Waals surface area contributed by atoms with Crippen LogP contribution in [0.5, 0.6) is 5.75 Å². The van der Waals surface area contributed by atoms with Crippen LogP contribution in [0.25, 0.3) is 0 Å². The monoisotopic (exact) mass is 374 g/mol. The van der Waals surface area contributed by atoms with Gasteiger partial charge in [-0.25, -0.2) is 0 Å². The van der Waals surface area contributed by atoms with E-state index in [0.717, 1.165) is 37.2 Å². The molecule has 148 valence electrons. The van der Waals surface area contributed by atoms with Crippen LogP contribution in [0.15, 0.2) is 24.3 Å². The number of aryl methyl sites for hydroxylation is 1. The van der Waals surface area contributed by atoms with E-state index in [9.17, 15) is 9.59 Å². The molecule has 2 amide bonds. The number of methoxy groups -OCH3 is 1. The molecule has 0 saturated carbocycles. The van der Waals surface area contributed by atoms with Crippen LogP contribution in [0.2, 0.25) is 0 Å². The summed E-state index contributed by atoms with van der Waals surface area (Å²) in [5.41, 5.74) is 1.09. The van der Waals surface area contributed by atoms with Gasteiger partial charge in [0.25, 0.3) is 5.91 Å². The van der Waals surface area contributed by atoms with Crippen LogP contribution in [0, 0.1) is 18.3 Å². The Kier molecular flexibility index (Phi) is 6.05. The highest BCUT2D eigenvalue weighted by atomic mass is 16.5. The number of hydrogen-bond donors (Lipinski definition) is 0. The van der Waals surface area contributed by atoms with Crippen LogP contribution >= 0.6 is 0 Å². The summed E-state index contributed by atoms with van der Waals surface area (Å²) in [5, 5.41) is 0. The fourth-order valence-corrected chi connectivity index (χ4v) is 4.42. The number of carbonyl (C=O) groups is 2. The Hall–Kier alpha value is -2.08. The first-order valence-corrected chi connectivity index (χ1v) is 9.66. The number of para-hydroxylation sites is 1. The number of ether oxygens (including phenoxy) is 2. The van der Waals surface area contributed by atoms with Crippen molar-refractivity contribution in [2.75, 3.05) is 46.5 Å². The van der Waals surface area contributed by atoms with Gasteiger partial charge in [0.2, 0.25) is 5.91 Å². The van der Waals surface area contributed by atoms with Crippen LogP contribution in [-0.2, 0) is 14.3 Å². The van der Waals surface area contributed by atoms with Gasteiger partial charge in [0, 0.05) is 46.1 Å². The molecule has 2 aliphatic heterocycles. The third-order valence-corrected chi connectivity index (χ3v) is 6.18. The zero-order chi connectivity index (χ0) is 19.4. The largest absolute Gasteiger partial charge is 0.484 e. The Morgan fingerprint density at radius 3 is 2.52 bits per heavy atom. The van der Waals surface area contributed by atoms with Crippen molar-refractivity contribution >= 4 is 11.8 Å². The highest BCUT2D eigenvalue weighted by molar-refractivity contribution is 5.78. The minimum atomic E-state index is 0.0258. The van der Waals surface area contributed by atoms with Gasteiger partial charge in [0.15, 0.2) is 6.61 Å². The maximum absolute atomic E-state index is 12.6. The molecule has 6 nitrogen and oxygen atoms in total. The normalized spacial score (nSPS) is 21.5. The summed E-state index contributed by atoms with van der Waals surface area (Å²) in [5.74, 6) is 1.25. The quantitative estimate of drug-likeness (QED) is 0.792. The SMILES string of the molecule is COCC1CN(C(C)=O)CC12CCN(C(=O)COc1ccccc1C)CC2. The van der Waals surface area contributed by atoms with Crippen LogP contribution in [0.4, 0.5) is 0 Å². The van der Waals surface area contributed by atoms with Gasteiger partial charge in [-0.05, 0) is 36.8 Å². The van der Waals surface area contributed by atoms with Crippen molar-refractivity contribution in [2.45, 2.75) is 26.7 Å². The van der Waals surface area contributed by atoms with Gasteiger partial charge in [0.1, 0.15) is 5.75 Å². The van der Waals surface area contributed by atoms with Crippen molar-refractivity contribution in [3.8, 4) is 5.75 Å². The Balaban J connectivity index is 1.56. The van der Waals surface area contributed by atoms with Gasteiger partial charge in [0.05, 0.1) is 6.61 Å². The fourth-order valence-electron chi connectivity index (χ4n) is 4.42. The average molecular weight is 374 g/mol. The van der Waals surface area contributed by atoms with Crippen LogP contribution in [-0.4, -0.2) is 68.1 Å². The molecule has 1 atom stereocenters. The summed E-state index contributed by atoms with van der Waals surface area (Å²) in [6, 6.07) is 7.73. The van der Waals surface area contributed by atoms with Crippen molar-refractivity contribution in [3.63, 3.8) is 0 Å². The Morgan fingerprint density at radius 1 is 1.19 bits per heavy atom. The van der Waals surface area contributed by atoms with E-state index in [1.165, 1.54) is 0 Å². The van der Waals surface area contributed by atoms with Crippen molar-refractivity contribution in [1.82, 2.24) is 9.80 Å². The van der Waals surface area contributed by atoms with Crippen molar-refractivity contribution in [2.24, 2.45) is 11.3 Å². The second kappa shape index (κ2) is 8.30.